The Kier molecular flexibility index (Phi) is 6.16. The molecule has 1 aromatic rings. The van der Waals surface area contributed by atoms with Gasteiger partial charge in [0.05, 0.1) is 16.4 Å². The molecule has 2 heterocycles. The van der Waals surface area contributed by atoms with E-state index in [-0.39, 0.29) is 18.3 Å². The average Bonchev–Trinajstić information content (AvgIpc) is 2.85. The highest BCUT2D eigenvalue weighted by molar-refractivity contribution is 9.11. The van der Waals surface area contributed by atoms with Crippen molar-refractivity contribution in [1.82, 2.24) is 10.6 Å². The fraction of sp³-hybridized carbons (Fsp3) is 0.545. The summed E-state index contributed by atoms with van der Waals surface area (Å²) in [4.78, 5) is 12.8. The van der Waals surface area contributed by atoms with E-state index in [4.69, 9.17) is 0 Å². The van der Waals surface area contributed by atoms with Crippen molar-refractivity contribution in [2.75, 3.05) is 13.1 Å². The maximum atomic E-state index is 12.9. The van der Waals surface area contributed by atoms with E-state index >= 15 is 0 Å². The molecule has 1 atom stereocenters. The van der Waals surface area contributed by atoms with Crippen LogP contribution in [0.3, 0.4) is 0 Å². The second-order valence-corrected chi connectivity index (χ2v) is 6.79. The lowest BCUT2D eigenvalue weighted by Gasteiger charge is -2.10. The molecule has 3 nitrogen and oxygen atoms in total. The quantitative estimate of drug-likeness (QED) is 0.849. The highest BCUT2D eigenvalue weighted by Crippen LogP contribution is 2.25. The van der Waals surface area contributed by atoms with Gasteiger partial charge in [0.1, 0.15) is 0 Å². The second-order valence-electron chi connectivity index (χ2n) is 4.24. The fourth-order valence-electron chi connectivity index (χ4n) is 1.82. The summed E-state index contributed by atoms with van der Waals surface area (Å²) >= 11 is 4.96. The van der Waals surface area contributed by atoms with Crippen LogP contribution in [-0.4, -0.2) is 31.0 Å². The molecule has 1 fully saturated rings. The number of thiophene rings is 1. The third-order valence-electron chi connectivity index (χ3n) is 2.73. The van der Waals surface area contributed by atoms with Crippen molar-refractivity contribution in [3.05, 3.63) is 20.8 Å². The number of rotatable bonds is 4. The van der Waals surface area contributed by atoms with Gasteiger partial charge >= 0.3 is 0 Å². The van der Waals surface area contributed by atoms with Crippen molar-refractivity contribution in [3.8, 4) is 0 Å². The van der Waals surface area contributed by atoms with Crippen LogP contribution < -0.4 is 10.6 Å². The average molecular weight is 376 g/mol. The monoisotopic (exact) mass is 374 g/mol. The van der Waals surface area contributed by atoms with E-state index in [0.717, 1.165) is 8.66 Å². The molecule has 0 aliphatic carbocycles. The zero-order valence-electron chi connectivity index (χ0n) is 9.92. The standard InChI is InChI=1S/C11H13BrF2N2OS.ClH/c12-9-2-1-7(18-9)3-4-15-10(17)8-5-11(13,14)6-16-8;/h1-2,8,16H,3-6H2,(H,15,17);1H. The van der Waals surface area contributed by atoms with Crippen molar-refractivity contribution in [3.63, 3.8) is 0 Å². The van der Waals surface area contributed by atoms with Crippen LogP contribution in [0, 0.1) is 0 Å². The lowest BCUT2D eigenvalue weighted by Crippen LogP contribution is -2.41. The number of amides is 1. The van der Waals surface area contributed by atoms with Gasteiger partial charge in [0, 0.05) is 17.8 Å². The number of halogens is 4. The first kappa shape index (κ1) is 16.8. The van der Waals surface area contributed by atoms with Gasteiger partial charge in [-0.3, -0.25) is 10.1 Å². The van der Waals surface area contributed by atoms with Crippen LogP contribution in [0.2, 0.25) is 0 Å². The minimum Gasteiger partial charge on any atom is -0.354 e. The lowest BCUT2D eigenvalue weighted by atomic mass is 10.2. The molecule has 8 heteroatoms. The predicted molar refractivity (Wildman–Crippen MR) is 77.3 cm³/mol. The van der Waals surface area contributed by atoms with Gasteiger partial charge in [-0.2, -0.15) is 0 Å². The van der Waals surface area contributed by atoms with Crippen LogP contribution >= 0.6 is 39.7 Å². The molecule has 1 aliphatic heterocycles. The Labute approximate surface area is 128 Å². The summed E-state index contributed by atoms with van der Waals surface area (Å²) in [7, 11) is 0. The Morgan fingerprint density at radius 2 is 2.32 bits per heavy atom. The van der Waals surface area contributed by atoms with Crippen LogP contribution in [0.1, 0.15) is 11.3 Å². The minimum absolute atomic E-state index is 0. The molecule has 1 aromatic heterocycles. The summed E-state index contributed by atoms with van der Waals surface area (Å²) in [6.45, 7) is 0.0541. The Hall–Kier alpha value is -0.240. The Morgan fingerprint density at radius 1 is 1.58 bits per heavy atom. The van der Waals surface area contributed by atoms with E-state index in [1.165, 1.54) is 0 Å². The number of nitrogens with one attached hydrogen (secondary N) is 2. The third kappa shape index (κ3) is 4.98. The van der Waals surface area contributed by atoms with Crippen LogP contribution in [0.25, 0.3) is 0 Å². The van der Waals surface area contributed by atoms with Crippen LogP contribution in [0.15, 0.2) is 15.9 Å². The summed E-state index contributed by atoms with van der Waals surface area (Å²) in [5.41, 5.74) is 0. The summed E-state index contributed by atoms with van der Waals surface area (Å²) in [5, 5.41) is 5.21. The fourth-order valence-corrected chi connectivity index (χ4v) is 3.30. The zero-order chi connectivity index (χ0) is 13.2. The molecule has 19 heavy (non-hydrogen) atoms. The first-order valence-electron chi connectivity index (χ1n) is 5.59. The van der Waals surface area contributed by atoms with Crippen molar-refractivity contribution < 1.29 is 13.6 Å². The zero-order valence-corrected chi connectivity index (χ0v) is 13.1. The molecule has 0 aromatic carbocycles. The second kappa shape index (κ2) is 6.97. The maximum absolute atomic E-state index is 12.9. The Balaban J connectivity index is 0.00000180. The lowest BCUT2D eigenvalue weighted by molar-refractivity contribution is -0.123. The van der Waals surface area contributed by atoms with Gasteiger partial charge in [-0.15, -0.1) is 23.7 Å². The van der Waals surface area contributed by atoms with Crippen LogP contribution in [-0.2, 0) is 11.2 Å². The van der Waals surface area contributed by atoms with Crippen molar-refractivity contribution >= 4 is 45.6 Å². The van der Waals surface area contributed by atoms with Crippen molar-refractivity contribution in [1.29, 1.82) is 0 Å². The SMILES string of the molecule is Cl.O=C(NCCc1ccc(Br)s1)C1CC(F)(F)CN1. The molecule has 1 aliphatic rings. The van der Waals surface area contributed by atoms with Gasteiger partial charge < -0.3 is 5.32 Å². The number of carbonyl (C=O) groups excluding carboxylic acids is 1. The van der Waals surface area contributed by atoms with E-state index in [2.05, 4.69) is 26.6 Å². The number of hydrogen-bond acceptors (Lipinski definition) is 3. The molecular weight excluding hydrogens is 362 g/mol. The van der Waals surface area contributed by atoms with Gasteiger partial charge in [-0.1, -0.05) is 0 Å². The van der Waals surface area contributed by atoms with Crippen molar-refractivity contribution in [2.45, 2.75) is 24.8 Å². The van der Waals surface area contributed by atoms with Crippen molar-refractivity contribution in [2.24, 2.45) is 0 Å². The Morgan fingerprint density at radius 3 is 2.84 bits per heavy atom. The Bertz CT molecular complexity index is 444. The molecule has 0 bridgehead atoms. The first-order valence-corrected chi connectivity index (χ1v) is 7.20. The molecule has 0 spiro atoms. The molecule has 0 radical (unpaired) electrons. The number of alkyl halides is 2. The van der Waals surface area contributed by atoms with E-state index < -0.39 is 24.9 Å². The van der Waals surface area contributed by atoms with E-state index in [1.807, 2.05) is 12.1 Å². The third-order valence-corrected chi connectivity index (χ3v) is 4.41. The smallest absolute Gasteiger partial charge is 0.262 e. The molecule has 1 unspecified atom stereocenters. The summed E-state index contributed by atoms with van der Waals surface area (Å²) in [5.74, 6) is -3.11. The molecule has 2 rings (SSSR count). The molecule has 108 valence electrons. The van der Waals surface area contributed by atoms with Gasteiger partial charge in [0.25, 0.3) is 5.92 Å². The highest BCUT2D eigenvalue weighted by Gasteiger charge is 2.42. The minimum atomic E-state index is -2.76. The number of hydrogen-bond donors (Lipinski definition) is 2. The van der Waals surface area contributed by atoms with E-state index in [9.17, 15) is 13.6 Å². The molecule has 1 saturated heterocycles. The van der Waals surface area contributed by atoms with Crippen LogP contribution in [0.4, 0.5) is 8.78 Å². The number of carbonyl (C=O) groups is 1. The predicted octanol–water partition coefficient (Wildman–Crippen LogP) is 2.59. The summed E-state index contributed by atoms with van der Waals surface area (Å²) in [6.07, 6.45) is 0.300. The summed E-state index contributed by atoms with van der Waals surface area (Å²) < 4.78 is 26.8. The largest absolute Gasteiger partial charge is 0.354 e. The maximum Gasteiger partial charge on any atom is 0.262 e. The first-order chi connectivity index (χ1) is 8.46. The van der Waals surface area contributed by atoms with E-state index in [1.54, 1.807) is 11.3 Å². The topological polar surface area (TPSA) is 41.1 Å². The molecule has 0 saturated carbocycles. The van der Waals surface area contributed by atoms with Gasteiger partial charge in [0.15, 0.2) is 0 Å². The summed E-state index contributed by atoms with van der Waals surface area (Å²) in [6, 6.07) is 3.15. The molecular formula is C11H14BrClF2N2OS. The van der Waals surface area contributed by atoms with Gasteiger partial charge in [-0.25, -0.2) is 8.78 Å². The highest BCUT2D eigenvalue weighted by atomic mass is 79.9. The van der Waals surface area contributed by atoms with Gasteiger partial charge in [0.2, 0.25) is 5.91 Å². The van der Waals surface area contributed by atoms with Gasteiger partial charge in [-0.05, 0) is 34.5 Å². The van der Waals surface area contributed by atoms with E-state index in [0.29, 0.717) is 13.0 Å². The van der Waals surface area contributed by atoms with Crippen LogP contribution in [0.5, 0.6) is 0 Å². The molecule has 2 N–H and O–H groups in total. The normalized spacial score (nSPS) is 20.9. The molecule has 1 amide bonds.